The molecule has 0 atom stereocenters. The van der Waals surface area contributed by atoms with Gasteiger partial charge in [-0.05, 0) is 17.7 Å². The van der Waals surface area contributed by atoms with Crippen LogP contribution in [0.15, 0.2) is 46.4 Å². The molecule has 0 bridgehead atoms. The van der Waals surface area contributed by atoms with Gasteiger partial charge in [0.15, 0.2) is 11.6 Å². The number of amides is 1. The molecule has 3 rings (SSSR count). The number of sulfonamides is 1. The van der Waals surface area contributed by atoms with E-state index in [1.54, 1.807) is 4.72 Å². The van der Waals surface area contributed by atoms with Crippen LogP contribution in [0.4, 0.5) is 4.79 Å². The van der Waals surface area contributed by atoms with Crippen LogP contribution in [0.5, 0.6) is 5.75 Å². The minimum absolute atomic E-state index is 0.0342. The van der Waals surface area contributed by atoms with Crippen LogP contribution in [0.3, 0.4) is 0 Å². The van der Waals surface area contributed by atoms with Gasteiger partial charge in [-0.3, -0.25) is 9.59 Å². The Hall–Kier alpha value is -4.01. The zero-order valence-corrected chi connectivity index (χ0v) is 20.8. The Labute approximate surface area is 217 Å². The van der Waals surface area contributed by atoms with Crippen molar-refractivity contribution in [2.45, 2.75) is 4.90 Å². The van der Waals surface area contributed by atoms with E-state index in [2.05, 4.69) is 10.0 Å². The van der Waals surface area contributed by atoms with E-state index >= 15 is 0 Å². The second-order valence-electron chi connectivity index (χ2n) is 7.57. The first-order valence-electron chi connectivity index (χ1n) is 11.3. The summed E-state index contributed by atoms with van der Waals surface area (Å²) in [6, 6.07) is 7.51. The van der Waals surface area contributed by atoms with Gasteiger partial charge in [0, 0.05) is 22.6 Å². The van der Waals surface area contributed by atoms with Crippen LogP contribution in [0.2, 0.25) is 0 Å². The van der Waals surface area contributed by atoms with Gasteiger partial charge in [0.1, 0.15) is 12.4 Å². The highest BCUT2D eigenvalue weighted by molar-refractivity contribution is 7.90. The molecule has 1 aliphatic rings. The van der Waals surface area contributed by atoms with E-state index in [0.29, 0.717) is 19.8 Å². The molecule has 0 saturated heterocycles. The highest BCUT2D eigenvalue weighted by Crippen LogP contribution is 2.35. The third kappa shape index (κ3) is 7.06. The summed E-state index contributed by atoms with van der Waals surface area (Å²) >= 11 is 0. The molecule has 1 amide bonds. The van der Waals surface area contributed by atoms with Crippen LogP contribution in [0, 0.1) is 0 Å². The standard InChI is InChI=1S/C23H24N4O10S/c24-27-25-7-8-34-9-10-35-11-12-36-13-14-37-23(31)26-38(32,33)18-6-2-4-16-20(18)22(30)15-3-1-5-17(28)19(15)21(16)29/h1-6,28H,7-14H2,(H,26,31). The Bertz CT molecular complexity index is 1360. The van der Waals surface area contributed by atoms with Crippen molar-refractivity contribution in [3.63, 3.8) is 0 Å². The van der Waals surface area contributed by atoms with Gasteiger partial charge in [-0.2, -0.15) is 0 Å². The monoisotopic (exact) mass is 548 g/mol. The van der Waals surface area contributed by atoms with Crippen molar-refractivity contribution in [1.29, 1.82) is 0 Å². The zero-order chi connectivity index (χ0) is 27.5. The van der Waals surface area contributed by atoms with Crippen LogP contribution in [-0.4, -0.2) is 84.0 Å². The smallest absolute Gasteiger partial charge is 0.421 e. The number of nitrogens with one attached hydrogen (secondary N) is 1. The second kappa shape index (κ2) is 13.5. The lowest BCUT2D eigenvalue weighted by Crippen LogP contribution is -2.34. The first kappa shape index (κ1) is 28.6. The third-order valence-corrected chi connectivity index (χ3v) is 6.48. The lowest BCUT2D eigenvalue weighted by Gasteiger charge is -2.20. The number of hydrogen-bond acceptors (Lipinski definition) is 11. The van der Waals surface area contributed by atoms with Gasteiger partial charge in [-0.15, -0.1) is 0 Å². The quantitative estimate of drug-likeness (QED) is 0.130. The van der Waals surface area contributed by atoms with E-state index in [4.69, 9.17) is 24.5 Å². The molecule has 38 heavy (non-hydrogen) atoms. The number of rotatable bonds is 14. The molecule has 2 N–H and O–H groups in total. The van der Waals surface area contributed by atoms with Gasteiger partial charge in [-0.25, -0.2) is 17.9 Å². The van der Waals surface area contributed by atoms with Crippen molar-refractivity contribution in [1.82, 2.24) is 4.72 Å². The molecule has 0 aromatic heterocycles. The van der Waals surface area contributed by atoms with E-state index in [0.717, 1.165) is 6.07 Å². The fourth-order valence-corrected chi connectivity index (χ4v) is 4.61. The zero-order valence-electron chi connectivity index (χ0n) is 20.0. The fraction of sp³-hybridized carbons (Fsp3) is 0.348. The number of ether oxygens (including phenoxy) is 4. The number of hydrogen-bond donors (Lipinski definition) is 2. The summed E-state index contributed by atoms with van der Waals surface area (Å²) in [4.78, 5) is 40.0. The summed E-state index contributed by atoms with van der Waals surface area (Å²) in [5.41, 5.74) is 7.15. The number of nitrogens with zero attached hydrogens (tertiary/aromatic N) is 3. The summed E-state index contributed by atoms with van der Waals surface area (Å²) in [5.74, 6) is -1.90. The number of aromatic hydroxyl groups is 1. The molecule has 0 heterocycles. The molecule has 202 valence electrons. The Balaban J connectivity index is 1.47. The number of benzene rings is 2. The number of carbonyl (C=O) groups is 3. The number of phenols is 1. The molecule has 2 aromatic rings. The number of fused-ring (bicyclic) bond motifs is 2. The summed E-state index contributed by atoms with van der Waals surface area (Å²) in [6.45, 7) is 1.28. The minimum Gasteiger partial charge on any atom is -0.507 e. The lowest BCUT2D eigenvalue weighted by molar-refractivity contribution is 0.00710. The molecule has 0 spiro atoms. The largest absolute Gasteiger partial charge is 0.507 e. The van der Waals surface area contributed by atoms with Crippen molar-refractivity contribution in [2.24, 2.45) is 5.11 Å². The predicted octanol–water partition coefficient (Wildman–Crippen LogP) is 1.94. The normalized spacial score (nSPS) is 12.3. The van der Waals surface area contributed by atoms with Gasteiger partial charge in [-0.1, -0.05) is 29.4 Å². The second-order valence-corrected chi connectivity index (χ2v) is 9.22. The average molecular weight is 549 g/mol. The van der Waals surface area contributed by atoms with E-state index in [1.807, 2.05) is 0 Å². The number of ketones is 2. The molecule has 0 radical (unpaired) electrons. The number of phenolic OH excluding ortho intramolecular Hbond substituents is 1. The Morgan fingerprint density at radius 3 is 2.08 bits per heavy atom. The van der Waals surface area contributed by atoms with Crippen molar-refractivity contribution in [3.8, 4) is 5.75 Å². The molecular weight excluding hydrogens is 524 g/mol. The first-order valence-corrected chi connectivity index (χ1v) is 12.7. The van der Waals surface area contributed by atoms with Gasteiger partial charge in [0.2, 0.25) is 0 Å². The molecule has 14 nitrogen and oxygen atoms in total. The average Bonchev–Trinajstić information content (AvgIpc) is 2.89. The number of carbonyl (C=O) groups excluding carboxylic acids is 3. The minimum atomic E-state index is -4.59. The molecule has 0 unspecified atom stereocenters. The Morgan fingerprint density at radius 2 is 1.42 bits per heavy atom. The lowest BCUT2D eigenvalue weighted by atomic mass is 9.83. The molecule has 0 aliphatic heterocycles. The number of azide groups is 1. The molecule has 2 aromatic carbocycles. The van der Waals surface area contributed by atoms with E-state index in [9.17, 15) is 27.9 Å². The SMILES string of the molecule is [N-]=[N+]=NCCOCCOCCOCCOC(=O)NS(=O)(=O)c1cccc2c1C(=O)c1cccc(O)c1C2=O. The van der Waals surface area contributed by atoms with Crippen LogP contribution in [-0.2, 0) is 29.0 Å². The topological polar surface area (TPSA) is 203 Å². The van der Waals surface area contributed by atoms with Crippen LogP contribution >= 0.6 is 0 Å². The highest BCUT2D eigenvalue weighted by atomic mass is 32.2. The van der Waals surface area contributed by atoms with Crippen LogP contribution < -0.4 is 4.72 Å². The summed E-state index contributed by atoms with van der Waals surface area (Å²) in [7, 11) is -4.59. The van der Waals surface area contributed by atoms with Gasteiger partial charge in [0.25, 0.3) is 10.0 Å². The molecular formula is C23H24N4O10S. The fourth-order valence-electron chi connectivity index (χ4n) is 3.50. The van der Waals surface area contributed by atoms with Crippen molar-refractivity contribution in [3.05, 3.63) is 69.1 Å². The van der Waals surface area contributed by atoms with E-state index in [1.165, 1.54) is 30.3 Å². The van der Waals surface area contributed by atoms with Gasteiger partial charge < -0.3 is 24.1 Å². The maximum absolute atomic E-state index is 13.0. The van der Waals surface area contributed by atoms with Crippen molar-refractivity contribution in [2.75, 3.05) is 52.8 Å². The van der Waals surface area contributed by atoms with E-state index in [-0.39, 0.29) is 49.7 Å². The molecule has 15 heteroatoms. The first-order chi connectivity index (χ1) is 18.3. The maximum Gasteiger partial charge on any atom is 0.421 e. The van der Waals surface area contributed by atoms with Crippen LogP contribution in [0.25, 0.3) is 10.4 Å². The molecule has 0 fully saturated rings. The van der Waals surface area contributed by atoms with E-state index < -0.39 is 43.9 Å². The predicted molar refractivity (Wildman–Crippen MR) is 130 cm³/mol. The summed E-state index contributed by atoms with van der Waals surface area (Å²) in [5, 5.41) is 13.4. The highest BCUT2D eigenvalue weighted by Gasteiger charge is 2.36. The third-order valence-electron chi connectivity index (χ3n) is 5.12. The Morgan fingerprint density at radius 1 is 0.868 bits per heavy atom. The maximum atomic E-state index is 13.0. The van der Waals surface area contributed by atoms with Crippen molar-refractivity contribution >= 4 is 27.7 Å². The van der Waals surface area contributed by atoms with Gasteiger partial charge in [0.05, 0.1) is 55.7 Å². The summed E-state index contributed by atoms with van der Waals surface area (Å²) < 4.78 is 47.9. The van der Waals surface area contributed by atoms with Gasteiger partial charge >= 0.3 is 6.09 Å². The molecule has 1 aliphatic carbocycles. The Kier molecular flexibility index (Phi) is 10.2. The summed E-state index contributed by atoms with van der Waals surface area (Å²) in [6.07, 6.45) is -1.30. The van der Waals surface area contributed by atoms with Crippen molar-refractivity contribution < 1.29 is 46.9 Å². The van der Waals surface area contributed by atoms with Crippen LogP contribution in [0.1, 0.15) is 31.8 Å². The molecule has 0 saturated carbocycles.